The number of benzene rings is 2. The Morgan fingerprint density at radius 3 is 2.71 bits per heavy atom. The number of fused-ring (bicyclic) bond motifs is 1. The fraction of sp³-hybridized carbons (Fsp3) is 0.261. The number of hydrogen-bond acceptors (Lipinski definition) is 1. The first-order chi connectivity index (χ1) is 13.6. The number of para-hydroxylation sites is 1. The van der Waals surface area contributed by atoms with Gasteiger partial charge in [-0.15, -0.1) is 0 Å². The summed E-state index contributed by atoms with van der Waals surface area (Å²) in [7, 11) is 0. The molecule has 5 heteroatoms. The number of aryl methyl sites for hydroxylation is 2. The van der Waals surface area contributed by atoms with Gasteiger partial charge in [-0.2, -0.15) is 0 Å². The summed E-state index contributed by atoms with van der Waals surface area (Å²) >= 11 is 5.83. The van der Waals surface area contributed by atoms with Crippen molar-refractivity contribution in [2.45, 2.75) is 32.9 Å². The quantitative estimate of drug-likeness (QED) is 0.610. The summed E-state index contributed by atoms with van der Waals surface area (Å²) in [5, 5.41) is 4.10. The molecule has 3 nitrogen and oxygen atoms in total. The van der Waals surface area contributed by atoms with Gasteiger partial charge in [0.25, 0.3) is 0 Å². The highest BCUT2D eigenvalue weighted by Crippen LogP contribution is 2.34. The molecule has 4 rings (SSSR count). The second-order valence-electron chi connectivity index (χ2n) is 7.14. The van der Waals surface area contributed by atoms with Crippen LogP contribution in [0.25, 0.3) is 0 Å². The van der Waals surface area contributed by atoms with Crippen LogP contribution in [0.1, 0.15) is 35.3 Å². The summed E-state index contributed by atoms with van der Waals surface area (Å²) in [6, 6.07) is 17.1. The molecule has 0 saturated heterocycles. The molecule has 0 unspecified atom stereocenters. The number of aromatic nitrogens is 1. The van der Waals surface area contributed by atoms with E-state index in [0.717, 1.165) is 36.5 Å². The molecule has 0 bridgehead atoms. The zero-order valence-electron chi connectivity index (χ0n) is 16.2. The highest BCUT2D eigenvalue weighted by atomic mass is 32.1. The maximum absolute atomic E-state index is 14.7. The molecule has 1 atom stereocenters. The molecule has 1 N–H and O–H groups in total. The van der Waals surface area contributed by atoms with E-state index in [1.165, 1.54) is 11.6 Å². The van der Waals surface area contributed by atoms with Crippen LogP contribution in [0.3, 0.4) is 0 Å². The minimum atomic E-state index is -0.251. The molecule has 1 aromatic heterocycles. The second-order valence-corrected chi connectivity index (χ2v) is 7.52. The van der Waals surface area contributed by atoms with Crippen LogP contribution in [0.15, 0.2) is 60.8 Å². The summed E-state index contributed by atoms with van der Waals surface area (Å²) in [5.74, 6) is -0.208. The highest BCUT2D eigenvalue weighted by Gasteiger charge is 2.32. The number of hydrogen-bond donors (Lipinski definition) is 1. The molecule has 0 amide bonds. The zero-order chi connectivity index (χ0) is 19.7. The van der Waals surface area contributed by atoms with Gasteiger partial charge in [-0.25, -0.2) is 4.39 Å². The van der Waals surface area contributed by atoms with E-state index in [0.29, 0.717) is 10.7 Å². The van der Waals surface area contributed by atoms with Crippen LogP contribution in [0.4, 0.5) is 10.1 Å². The average molecular weight is 394 g/mol. The largest absolute Gasteiger partial charge is 0.348 e. The molecule has 1 aliphatic rings. The van der Waals surface area contributed by atoms with E-state index in [4.69, 9.17) is 12.2 Å². The van der Waals surface area contributed by atoms with Crippen molar-refractivity contribution in [2.24, 2.45) is 0 Å². The lowest BCUT2D eigenvalue weighted by Gasteiger charge is -2.39. The molecule has 0 aliphatic carbocycles. The van der Waals surface area contributed by atoms with E-state index >= 15 is 0 Å². The standard InChI is InChI=1S/C23H24FN3S/c1-3-17-9-6-8-16(2)21(17)25-23(28)27-15-14-26-13-7-12-20(26)22(27)18-10-4-5-11-19(18)24/h4-13,22H,3,14-15H2,1-2H3,(H,25,28)/t22-/m1/s1. The second kappa shape index (κ2) is 7.76. The van der Waals surface area contributed by atoms with Gasteiger partial charge >= 0.3 is 0 Å². The lowest BCUT2D eigenvalue weighted by molar-refractivity contribution is 0.288. The van der Waals surface area contributed by atoms with Crippen molar-refractivity contribution in [2.75, 3.05) is 11.9 Å². The highest BCUT2D eigenvalue weighted by molar-refractivity contribution is 7.80. The molecule has 2 aromatic carbocycles. The molecular formula is C23H24FN3S. The van der Waals surface area contributed by atoms with Gasteiger partial charge in [0, 0.05) is 36.2 Å². The molecule has 0 saturated carbocycles. The summed E-state index contributed by atoms with van der Waals surface area (Å²) in [6.45, 7) is 5.77. The van der Waals surface area contributed by atoms with Crippen LogP contribution in [-0.4, -0.2) is 21.1 Å². The Labute approximate surface area is 170 Å². The Kier molecular flexibility index (Phi) is 5.18. The molecule has 0 spiro atoms. The zero-order valence-corrected chi connectivity index (χ0v) is 17.0. The maximum Gasteiger partial charge on any atom is 0.174 e. The molecule has 144 valence electrons. The van der Waals surface area contributed by atoms with Crippen molar-refractivity contribution in [1.82, 2.24) is 9.47 Å². The number of nitrogens with one attached hydrogen (secondary N) is 1. The van der Waals surface area contributed by atoms with Gasteiger partial charge in [0.1, 0.15) is 5.82 Å². The van der Waals surface area contributed by atoms with Crippen LogP contribution in [0.2, 0.25) is 0 Å². The van der Waals surface area contributed by atoms with Crippen LogP contribution in [0, 0.1) is 12.7 Å². The fourth-order valence-electron chi connectivity index (χ4n) is 4.01. The first kappa shape index (κ1) is 18.7. The predicted octanol–water partition coefficient (Wildman–Crippen LogP) is 5.30. The predicted molar refractivity (Wildman–Crippen MR) is 116 cm³/mol. The Hall–Kier alpha value is -2.66. The number of nitrogens with zero attached hydrogens (tertiary/aromatic N) is 2. The van der Waals surface area contributed by atoms with E-state index in [2.05, 4.69) is 52.9 Å². The fourth-order valence-corrected chi connectivity index (χ4v) is 4.31. The van der Waals surface area contributed by atoms with Crippen LogP contribution in [-0.2, 0) is 13.0 Å². The molecule has 1 aliphatic heterocycles. The van der Waals surface area contributed by atoms with Crippen molar-refractivity contribution in [3.8, 4) is 0 Å². The molecule has 2 heterocycles. The molecule has 3 aromatic rings. The first-order valence-electron chi connectivity index (χ1n) is 9.65. The summed E-state index contributed by atoms with van der Waals surface area (Å²) in [6.07, 6.45) is 2.97. The topological polar surface area (TPSA) is 20.2 Å². The van der Waals surface area contributed by atoms with Gasteiger partial charge in [-0.3, -0.25) is 0 Å². The van der Waals surface area contributed by atoms with Crippen molar-refractivity contribution in [1.29, 1.82) is 0 Å². The van der Waals surface area contributed by atoms with E-state index < -0.39 is 0 Å². The normalized spacial score (nSPS) is 16.0. The molecule has 0 radical (unpaired) electrons. The smallest absolute Gasteiger partial charge is 0.174 e. The average Bonchev–Trinajstić information content (AvgIpc) is 3.18. The van der Waals surface area contributed by atoms with Crippen molar-refractivity contribution in [3.05, 3.63) is 89.0 Å². The van der Waals surface area contributed by atoms with Crippen molar-refractivity contribution >= 4 is 23.0 Å². The van der Waals surface area contributed by atoms with Gasteiger partial charge in [0.2, 0.25) is 0 Å². The van der Waals surface area contributed by atoms with Gasteiger partial charge in [0.05, 0.1) is 6.04 Å². The summed E-state index contributed by atoms with van der Waals surface area (Å²) in [4.78, 5) is 2.11. The van der Waals surface area contributed by atoms with Gasteiger partial charge in [-0.05, 0) is 54.9 Å². The number of thiocarbonyl (C=S) groups is 1. The lowest BCUT2D eigenvalue weighted by atomic mass is 9.99. The summed E-state index contributed by atoms with van der Waals surface area (Å²) in [5.41, 5.74) is 5.14. The minimum absolute atomic E-state index is 0.208. The molecular weight excluding hydrogens is 369 g/mol. The third-order valence-corrected chi connectivity index (χ3v) is 5.81. The SMILES string of the molecule is CCc1cccc(C)c1NC(=S)N1CCn2cccc2[C@H]1c1ccccc1F. The third kappa shape index (κ3) is 3.31. The van der Waals surface area contributed by atoms with E-state index in [9.17, 15) is 4.39 Å². The van der Waals surface area contributed by atoms with Crippen molar-refractivity contribution in [3.63, 3.8) is 0 Å². The molecule has 28 heavy (non-hydrogen) atoms. The summed E-state index contributed by atoms with van der Waals surface area (Å²) < 4.78 is 16.9. The lowest BCUT2D eigenvalue weighted by Crippen LogP contribution is -2.44. The van der Waals surface area contributed by atoms with Crippen LogP contribution >= 0.6 is 12.2 Å². The van der Waals surface area contributed by atoms with E-state index in [1.54, 1.807) is 6.07 Å². The van der Waals surface area contributed by atoms with Crippen LogP contribution < -0.4 is 5.32 Å². The number of halogens is 1. The van der Waals surface area contributed by atoms with Gasteiger partial charge in [0.15, 0.2) is 5.11 Å². The Balaban J connectivity index is 1.72. The van der Waals surface area contributed by atoms with Gasteiger partial charge < -0.3 is 14.8 Å². The number of rotatable bonds is 3. The Bertz CT molecular complexity index is 1010. The monoisotopic (exact) mass is 393 g/mol. The first-order valence-corrected chi connectivity index (χ1v) is 10.1. The minimum Gasteiger partial charge on any atom is -0.348 e. The third-order valence-electron chi connectivity index (χ3n) is 5.47. The Morgan fingerprint density at radius 2 is 1.93 bits per heavy atom. The molecule has 0 fully saturated rings. The Morgan fingerprint density at radius 1 is 1.11 bits per heavy atom. The van der Waals surface area contributed by atoms with E-state index in [-0.39, 0.29) is 11.9 Å². The van der Waals surface area contributed by atoms with Gasteiger partial charge in [-0.1, -0.05) is 43.3 Å². The maximum atomic E-state index is 14.7. The van der Waals surface area contributed by atoms with E-state index in [1.807, 2.05) is 24.4 Å². The van der Waals surface area contributed by atoms with Crippen LogP contribution in [0.5, 0.6) is 0 Å². The number of anilines is 1. The van der Waals surface area contributed by atoms with Crippen molar-refractivity contribution < 1.29 is 4.39 Å².